The first kappa shape index (κ1) is 15.5. The fraction of sp³-hybridized carbons (Fsp3) is 0.812. The molecule has 20 heavy (non-hydrogen) atoms. The van der Waals surface area contributed by atoms with E-state index >= 15 is 0 Å². The van der Waals surface area contributed by atoms with Crippen molar-refractivity contribution in [3.63, 3.8) is 0 Å². The van der Waals surface area contributed by atoms with Crippen molar-refractivity contribution in [1.29, 1.82) is 0 Å². The van der Waals surface area contributed by atoms with Crippen LogP contribution in [0.4, 0.5) is 0 Å². The zero-order valence-corrected chi connectivity index (χ0v) is 13.4. The maximum atomic E-state index is 5.76. The number of nitrogens with zero attached hydrogens (tertiary/aromatic N) is 2. The number of aromatic nitrogens is 2. The summed E-state index contributed by atoms with van der Waals surface area (Å²) < 4.78 is 7.96. The lowest BCUT2D eigenvalue weighted by Gasteiger charge is -2.13. The van der Waals surface area contributed by atoms with E-state index in [1.807, 2.05) is 0 Å². The first-order valence-corrected chi connectivity index (χ1v) is 8.08. The van der Waals surface area contributed by atoms with Gasteiger partial charge in [-0.2, -0.15) is 5.10 Å². The molecule has 0 aliphatic carbocycles. The molecule has 0 amide bonds. The minimum absolute atomic E-state index is 0.357. The molecule has 2 rings (SSSR count). The summed E-state index contributed by atoms with van der Waals surface area (Å²) in [4.78, 5) is 0. The molecule has 2 heterocycles. The Morgan fingerprint density at radius 3 is 2.70 bits per heavy atom. The summed E-state index contributed by atoms with van der Waals surface area (Å²) in [5, 5.41) is 8.37. The molecule has 4 nitrogen and oxygen atoms in total. The van der Waals surface area contributed by atoms with Gasteiger partial charge >= 0.3 is 0 Å². The lowest BCUT2D eigenvalue weighted by Crippen LogP contribution is -2.23. The van der Waals surface area contributed by atoms with Gasteiger partial charge in [0.05, 0.1) is 18.3 Å². The molecule has 1 aromatic heterocycles. The van der Waals surface area contributed by atoms with Gasteiger partial charge in [-0.1, -0.05) is 27.7 Å². The second-order valence-corrected chi connectivity index (χ2v) is 5.93. The molecule has 1 N–H and O–H groups in total. The van der Waals surface area contributed by atoms with E-state index in [2.05, 4.69) is 37.7 Å². The highest BCUT2D eigenvalue weighted by Crippen LogP contribution is 2.20. The first-order valence-electron chi connectivity index (χ1n) is 8.08. The van der Waals surface area contributed by atoms with Crippen molar-refractivity contribution in [2.75, 3.05) is 6.61 Å². The van der Waals surface area contributed by atoms with Crippen LogP contribution in [0, 0.1) is 0 Å². The second kappa shape index (κ2) is 7.23. The molecule has 114 valence electrons. The molecule has 1 aliphatic heterocycles. The van der Waals surface area contributed by atoms with Crippen LogP contribution in [0.5, 0.6) is 0 Å². The van der Waals surface area contributed by atoms with Gasteiger partial charge in [-0.25, -0.2) is 0 Å². The Bertz CT molecular complexity index is 420. The van der Waals surface area contributed by atoms with E-state index in [9.17, 15) is 0 Å². The fourth-order valence-electron chi connectivity index (χ4n) is 2.91. The van der Waals surface area contributed by atoms with Gasteiger partial charge in [0.15, 0.2) is 0 Å². The molecule has 1 unspecified atom stereocenters. The van der Waals surface area contributed by atoms with Crippen LogP contribution in [0.15, 0.2) is 0 Å². The summed E-state index contributed by atoms with van der Waals surface area (Å²) in [6, 6.07) is 0.505. The summed E-state index contributed by atoms with van der Waals surface area (Å²) >= 11 is 0. The van der Waals surface area contributed by atoms with E-state index in [1.165, 1.54) is 29.8 Å². The van der Waals surface area contributed by atoms with E-state index in [0.717, 1.165) is 32.5 Å². The van der Waals surface area contributed by atoms with Crippen LogP contribution in [0.2, 0.25) is 0 Å². The van der Waals surface area contributed by atoms with Gasteiger partial charge in [-0.15, -0.1) is 0 Å². The molecule has 1 aliphatic rings. The number of hydrogen-bond donors (Lipinski definition) is 1. The second-order valence-electron chi connectivity index (χ2n) is 5.93. The third kappa shape index (κ3) is 3.61. The van der Waals surface area contributed by atoms with Gasteiger partial charge in [0.25, 0.3) is 0 Å². The SMILES string of the molecule is CCc1nn(CC2CCCO2)c(CC)c1CNC(C)C. The van der Waals surface area contributed by atoms with E-state index in [-0.39, 0.29) is 0 Å². The molecule has 0 spiro atoms. The van der Waals surface area contributed by atoms with Crippen molar-refractivity contribution in [2.45, 2.75) is 78.6 Å². The Kier molecular flexibility index (Phi) is 5.61. The summed E-state index contributed by atoms with van der Waals surface area (Å²) in [6.07, 6.45) is 4.76. The van der Waals surface area contributed by atoms with Crippen LogP contribution in [-0.2, 0) is 30.7 Å². The number of aryl methyl sites for hydroxylation is 1. The Labute approximate surface area is 122 Å². The lowest BCUT2D eigenvalue weighted by molar-refractivity contribution is 0.0931. The molecular weight excluding hydrogens is 250 g/mol. The molecule has 0 radical (unpaired) electrons. The van der Waals surface area contributed by atoms with Crippen LogP contribution < -0.4 is 5.32 Å². The van der Waals surface area contributed by atoms with Gasteiger partial charge in [-0.05, 0) is 25.7 Å². The Morgan fingerprint density at radius 2 is 2.15 bits per heavy atom. The highest BCUT2D eigenvalue weighted by atomic mass is 16.5. The topological polar surface area (TPSA) is 39.1 Å². The molecule has 1 saturated heterocycles. The molecule has 4 heteroatoms. The first-order chi connectivity index (χ1) is 9.65. The van der Waals surface area contributed by atoms with Crippen LogP contribution in [0.3, 0.4) is 0 Å². The highest BCUT2D eigenvalue weighted by Gasteiger charge is 2.21. The van der Waals surface area contributed by atoms with E-state index in [0.29, 0.717) is 12.1 Å². The van der Waals surface area contributed by atoms with Gasteiger partial charge in [0.1, 0.15) is 0 Å². The zero-order valence-electron chi connectivity index (χ0n) is 13.4. The smallest absolute Gasteiger partial charge is 0.0771 e. The van der Waals surface area contributed by atoms with Crippen molar-refractivity contribution in [3.05, 3.63) is 17.0 Å². The molecule has 1 atom stereocenters. The standard InChI is InChI=1S/C16H29N3O/c1-5-15-14(10-17-12(3)4)16(6-2)19(18-15)11-13-8-7-9-20-13/h12-13,17H,5-11H2,1-4H3. The number of nitrogens with one attached hydrogen (secondary N) is 1. The molecule has 1 fully saturated rings. The minimum Gasteiger partial charge on any atom is -0.376 e. The number of ether oxygens (including phenoxy) is 1. The lowest BCUT2D eigenvalue weighted by atomic mass is 10.1. The third-order valence-corrected chi connectivity index (χ3v) is 4.01. The van der Waals surface area contributed by atoms with Crippen molar-refractivity contribution in [3.8, 4) is 0 Å². The van der Waals surface area contributed by atoms with Crippen LogP contribution in [0.1, 0.15) is 57.5 Å². The molecule has 1 aromatic rings. The fourth-order valence-corrected chi connectivity index (χ4v) is 2.91. The number of rotatable bonds is 7. The van der Waals surface area contributed by atoms with Crippen molar-refractivity contribution in [2.24, 2.45) is 0 Å². The van der Waals surface area contributed by atoms with E-state index < -0.39 is 0 Å². The predicted octanol–water partition coefficient (Wildman–Crippen LogP) is 2.68. The van der Waals surface area contributed by atoms with Crippen molar-refractivity contribution < 1.29 is 4.74 Å². The van der Waals surface area contributed by atoms with E-state index in [4.69, 9.17) is 9.84 Å². The zero-order chi connectivity index (χ0) is 14.5. The summed E-state index contributed by atoms with van der Waals surface area (Å²) in [5.74, 6) is 0. The molecule has 0 saturated carbocycles. The molecule has 0 aromatic carbocycles. The van der Waals surface area contributed by atoms with Crippen molar-refractivity contribution >= 4 is 0 Å². The molecule has 0 bridgehead atoms. The maximum absolute atomic E-state index is 5.76. The Hall–Kier alpha value is -0.870. The molecular formula is C16H29N3O. The van der Waals surface area contributed by atoms with Gasteiger partial charge in [0.2, 0.25) is 0 Å². The normalized spacial score (nSPS) is 19.1. The summed E-state index contributed by atoms with van der Waals surface area (Å²) in [5.41, 5.74) is 4.03. The van der Waals surface area contributed by atoms with Crippen LogP contribution >= 0.6 is 0 Å². The average molecular weight is 279 g/mol. The van der Waals surface area contributed by atoms with E-state index in [1.54, 1.807) is 0 Å². The van der Waals surface area contributed by atoms with Gasteiger partial charge in [0, 0.05) is 30.5 Å². The highest BCUT2D eigenvalue weighted by molar-refractivity contribution is 5.27. The minimum atomic E-state index is 0.357. The van der Waals surface area contributed by atoms with Gasteiger partial charge in [-0.3, -0.25) is 4.68 Å². The predicted molar refractivity (Wildman–Crippen MR) is 81.9 cm³/mol. The monoisotopic (exact) mass is 279 g/mol. The van der Waals surface area contributed by atoms with Gasteiger partial charge < -0.3 is 10.1 Å². The summed E-state index contributed by atoms with van der Waals surface area (Å²) in [7, 11) is 0. The summed E-state index contributed by atoms with van der Waals surface area (Å²) in [6.45, 7) is 11.5. The Balaban J connectivity index is 2.17. The Morgan fingerprint density at radius 1 is 1.35 bits per heavy atom. The largest absolute Gasteiger partial charge is 0.376 e. The van der Waals surface area contributed by atoms with Crippen molar-refractivity contribution in [1.82, 2.24) is 15.1 Å². The van der Waals surface area contributed by atoms with Crippen LogP contribution in [-0.4, -0.2) is 28.5 Å². The quantitative estimate of drug-likeness (QED) is 0.834. The maximum Gasteiger partial charge on any atom is 0.0771 e. The number of hydrogen-bond acceptors (Lipinski definition) is 3. The third-order valence-electron chi connectivity index (χ3n) is 4.01. The van der Waals surface area contributed by atoms with Crippen LogP contribution in [0.25, 0.3) is 0 Å². The average Bonchev–Trinajstić information content (AvgIpc) is 3.03.